The van der Waals surface area contributed by atoms with Gasteiger partial charge in [-0.2, -0.15) is 0 Å². The molecule has 0 aromatic carbocycles. The first kappa shape index (κ1) is 13.1. The summed E-state index contributed by atoms with van der Waals surface area (Å²) < 4.78 is 0. The fourth-order valence-corrected chi connectivity index (χ4v) is 3.15. The molecule has 1 N–H and O–H groups in total. The third kappa shape index (κ3) is 2.28. The van der Waals surface area contributed by atoms with E-state index in [4.69, 9.17) is 0 Å². The lowest BCUT2D eigenvalue weighted by Crippen LogP contribution is -2.44. The van der Waals surface area contributed by atoms with E-state index in [0.717, 1.165) is 38.0 Å². The maximum absolute atomic E-state index is 12.5. The Balaban J connectivity index is 1.68. The van der Waals surface area contributed by atoms with E-state index in [1.54, 1.807) is 12.4 Å². The van der Waals surface area contributed by atoms with Gasteiger partial charge < -0.3 is 10.2 Å². The summed E-state index contributed by atoms with van der Waals surface area (Å²) in [7, 11) is 0. The van der Waals surface area contributed by atoms with E-state index in [-0.39, 0.29) is 17.2 Å². The van der Waals surface area contributed by atoms with Crippen LogP contribution in [0.2, 0.25) is 0 Å². The van der Waals surface area contributed by atoms with Gasteiger partial charge in [-0.3, -0.25) is 14.6 Å². The molecule has 0 radical (unpaired) electrons. The number of nitrogens with one attached hydrogen (secondary N) is 1. The fraction of sp³-hybridized carbons (Fsp3) is 0.533. The Kier molecular flexibility index (Phi) is 3.20. The molecule has 1 aromatic heterocycles. The number of piperidine rings is 1. The number of likely N-dealkylation sites (tertiary alicyclic amines) is 1. The number of hydrogen-bond acceptors (Lipinski definition) is 3. The predicted molar refractivity (Wildman–Crippen MR) is 74.2 cm³/mol. The molecule has 3 heterocycles. The number of carbonyl (C=O) groups excluding carboxylic acids is 2. The van der Waals surface area contributed by atoms with Crippen LogP contribution in [0.15, 0.2) is 18.5 Å². The van der Waals surface area contributed by atoms with Gasteiger partial charge in [0.2, 0.25) is 5.91 Å². The summed E-state index contributed by atoms with van der Waals surface area (Å²) in [6.07, 6.45) is 5.75. The molecule has 1 spiro atoms. The predicted octanol–water partition coefficient (Wildman–Crippen LogP) is 1.13. The van der Waals surface area contributed by atoms with Gasteiger partial charge >= 0.3 is 0 Å². The van der Waals surface area contributed by atoms with Crippen LogP contribution in [0, 0.1) is 12.3 Å². The molecule has 5 nitrogen and oxygen atoms in total. The van der Waals surface area contributed by atoms with Crippen LogP contribution in [0.5, 0.6) is 0 Å². The van der Waals surface area contributed by atoms with Crippen LogP contribution in [-0.4, -0.2) is 41.3 Å². The molecule has 2 amide bonds. The van der Waals surface area contributed by atoms with Gasteiger partial charge in [-0.15, -0.1) is 0 Å². The molecule has 0 saturated carbocycles. The largest absolute Gasteiger partial charge is 0.356 e. The van der Waals surface area contributed by atoms with Crippen LogP contribution in [0.25, 0.3) is 0 Å². The lowest BCUT2D eigenvalue weighted by atomic mass is 9.77. The van der Waals surface area contributed by atoms with E-state index in [0.29, 0.717) is 12.0 Å². The summed E-state index contributed by atoms with van der Waals surface area (Å²) in [5.41, 5.74) is 1.73. The highest BCUT2D eigenvalue weighted by atomic mass is 16.2. The van der Waals surface area contributed by atoms with E-state index >= 15 is 0 Å². The van der Waals surface area contributed by atoms with E-state index < -0.39 is 0 Å². The normalized spacial score (nSPS) is 21.1. The zero-order chi connectivity index (χ0) is 14.2. The Labute approximate surface area is 118 Å². The second-order valence-corrected chi connectivity index (χ2v) is 5.94. The molecular weight excluding hydrogens is 254 g/mol. The van der Waals surface area contributed by atoms with Crippen molar-refractivity contribution in [3.05, 3.63) is 29.6 Å². The van der Waals surface area contributed by atoms with Gasteiger partial charge in [-0.05, 0) is 36.8 Å². The first-order valence-electron chi connectivity index (χ1n) is 7.06. The Morgan fingerprint density at radius 2 is 2.15 bits per heavy atom. The smallest absolute Gasteiger partial charge is 0.255 e. The first-order chi connectivity index (χ1) is 9.60. The maximum atomic E-state index is 12.5. The van der Waals surface area contributed by atoms with Gasteiger partial charge in [0.05, 0.1) is 5.56 Å². The monoisotopic (exact) mass is 273 g/mol. The Morgan fingerprint density at radius 3 is 2.75 bits per heavy atom. The van der Waals surface area contributed by atoms with Crippen molar-refractivity contribution in [1.82, 2.24) is 15.2 Å². The SMILES string of the molecule is Cc1ccncc1C(=O)N1CCC2(CC1)CNC(=O)C2. The average molecular weight is 273 g/mol. The number of rotatable bonds is 1. The highest BCUT2D eigenvalue weighted by molar-refractivity contribution is 5.95. The summed E-state index contributed by atoms with van der Waals surface area (Å²) in [5, 5.41) is 2.91. The second-order valence-electron chi connectivity index (χ2n) is 5.94. The van der Waals surface area contributed by atoms with Crippen LogP contribution >= 0.6 is 0 Å². The molecule has 2 saturated heterocycles. The second kappa shape index (κ2) is 4.89. The van der Waals surface area contributed by atoms with Crippen molar-refractivity contribution in [2.45, 2.75) is 26.2 Å². The molecule has 0 bridgehead atoms. The fourth-order valence-electron chi connectivity index (χ4n) is 3.15. The van der Waals surface area contributed by atoms with Gasteiger partial charge in [-0.1, -0.05) is 0 Å². The topological polar surface area (TPSA) is 62.3 Å². The van der Waals surface area contributed by atoms with Crippen LogP contribution in [-0.2, 0) is 4.79 Å². The highest BCUT2D eigenvalue weighted by Crippen LogP contribution is 2.37. The van der Waals surface area contributed by atoms with Crippen LogP contribution in [0.4, 0.5) is 0 Å². The lowest BCUT2D eigenvalue weighted by Gasteiger charge is -2.38. The van der Waals surface area contributed by atoms with Gasteiger partial charge in [0, 0.05) is 38.4 Å². The Hall–Kier alpha value is -1.91. The maximum Gasteiger partial charge on any atom is 0.255 e. The van der Waals surface area contributed by atoms with Gasteiger partial charge in [0.1, 0.15) is 0 Å². The van der Waals surface area contributed by atoms with Gasteiger partial charge in [-0.25, -0.2) is 0 Å². The summed E-state index contributed by atoms with van der Waals surface area (Å²) in [6, 6.07) is 1.86. The van der Waals surface area contributed by atoms with E-state index in [2.05, 4.69) is 10.3 Å². The molecule has 1 aromatic rings. The summed E-state index contributed by atoms with van der Waals surface area (Å²) in [5.74, 6) is 0.204. The standard InChI is InChI=1S/C15H19N3O2/c1-11-2-5-16-9-12(11)14(20)18-6-3-15(4-7-18)8-13(19)17-10-15/h2,5,9H,3-4,6-8,10H2,1H3,(H,17,19). The average Bonchev–Trinajstić information content (AvgIpc) is 2.81. The molecule has 5 heteroatoms. The summed E-state index contributed by atoms with van der Waals surface area (Å²) in [4.78, 5) is 29.8. The van der Waals surface area contributed by atoms with Crippen molar-refractivity contribution < 1.29 is 9.59 Å². The van der Waals surface area contributed by atoms with Crippen LogP contribution in [0.3, 0.4) is 0 Å². The minimum atomic E-state index is 0.0581. The van der Waals surface area contributed by atoms with Crippen molar-refractivity contribution in [3.63, 3.8) is 0 Å². The molecule has 0 unspecified atom stereocenters. The number of carbonyl (C=O) groups is 2. The number of amides is 2. The third-order valence-electron chi connectivity index (χ3n) is 4.58. The zero-order valence-electron chi connectivity index (χ0n) is 11.7. The third-order valence-corrected chi connectivity index (χ3v) is 4.58. The quantitative estimate of drug-likeness (QED) is 0.834. The first-order valence-corrected chi connectivity index (χ1v) is 7.06. The van der Waals surface area contributed by atoms with Crippen LogP contribution < -0.4 is 5.32 Å². The van der Waals surface area contributed by atoms with Crippen molar-refractivity contribution in [3.8, 4) is 0 Å². The molecule has 3 rings (SSSR count). The molecule has 0 atom stereocenters. The lowest BCUT2D eigenvalue weighted by molar-refractivity contribution is -0.119. The van der Waals surface area contributed by atoms with Crippen molar-refractivity contribution in [1.29, 1.82) is 0 Å². The molecule has 0 aliphatic carbocycles. The number of aromatic nitrogens is 1. The molecular formula is C15H19N3O2. The zero-order valence-corrected chi connectivity index (χ0v) is 11.7. The van der Waals surface area contributed by atoms with Gasteiger partial charge in [0.25, 0.3) is 5.91 Å². The number of pyridine rings is 1. The van der Waals surface area contributed by atoms with Crippen LogP contribution in [0.1, 0.15) is 35.2 Å². The summed E-state index contributed by atoms with van der Waals surface area (Å²) in [6.45, 7) is 4.14. The number of hydrogen-bond donors (Lipinski definition) is 1. The number of nitrogens with zero attached hydrogens (tertiary/aromatic N) is 2. The van der Waals surface area contributed by atoms with Crippen molar-refractivity contribution in [2.75, 3.05) is 19.6 Å². The van der Waals surface area contributed by atoms with E-state index in [1.165, 1.54) is 0 Å². The summed E-state index contributed by atoms with van der Waals surface area (Å²) >= 11 is 0. The highest BCUT2D eigenvalue weighted by Gasteiger charge is 2.41. The Morgan fingerprint density at radius 1 is 1.40 bits per heavy atom. The molecule has 106 valence electrons. The molecule has 2 aliphatic heterocycles. The minimum absolute atomic E-state index is 0.0581. The van der Waals surface area contributed by atoms with E-state index in [9.17, 15) is 9.59 Å². The number of aryl methyl sites for hydroxylation is 1. The molecule has 2 fully saturated rings. The minimum Gasteiger partial charge on any atom is -0.356 e. The molecule has 2 aliphatic rings. The van der Waals surface area contributed by atoms with E-state index in [1.807, 2.05) is 17.9 Å². The Bertz CT molecular complexity index is 548. The molecule has 20 heavy (non-hydrogen) atoms. The van der Waals surface area contributed by atoms with Crippen molar-refractivity contribution >= 4 is 11.8 Å². The van der Waals surface area contributed by atoms with Crippen molar-refractivity contribution in [2.24, 2.45) is 5.41 Å². The van der Waals surface area contributed by atoms with Gasteiger partial charge in [0.15, 0.2) is 0 Å².